The van der Waals surface area contributed by atoms with Crippen molar-refractivity contribution in [2.45, 2.75) is 6.92 Å². The number of H-pyrrole nitrogens is 1. The number of fused-ring (bicyclic) bond motifs is 1. The first-order valence-electron chi connectivity index (χ1n) is 6.59. The van der Waals surface area contributed by atoms with Crippen LogP contribution in [0.15, 0.2) is 18.7 Å². The topological polar surface area (TPSA) is 127 Å². The fourth-order valence-electron chi connectivity index (χ4n) is 2.45. The van der Waals surface area contributed by atoms with E-state index in [1.807, 2.05) is 0 Å². The number of anilines is 1. The number of hydrogen-bond acceptors (Lipinski definition) is 3. The zero-order chi connectivity index (χ0) is 16.9. The summed E-state index contributed by atoms with van der Waals surface area (Å²) in [5.41, 5.74) is 13.1. The van der Waals surface area contributed by atoms with Gasteiger partial charge >= 0.3 is 6.03 Å². The van der Waals surface area contributed by atoms with Crippen LogP contribution in [-0.4, -0.2) is 16.9 Å². The van der Waals surface area contributed by atoms with Gasteiger partial charge in [-0.05, 0) is 18.6 Å². The minimum Gasteiger partial charge on any atom is -0.449 e. The van der Waals surface area contributed by atoms with Crippen LogP contribution in [0.2, 0.25) is 5.02 Å². The molecule has 8 heteroatoms. The molecule has 0 fully saturated rings. The molecule has 3 amide bonds. The standard InChI is InChI=1S/C15H13ClN4O3/c1-5(2)10-7(16)4-9-12(23-9)11(10)8-3-6(13(17)21)14(19-8)20-15(18)22/h3-4,19H,1H2,2H3,(H2,17,21)(H3,18,20,22). The summed E-state index contributed by atoms with van der Waals surface area (Å²) in [6, 6.07) is 2.39. The Morgan fingerprint density at radius 3 is 2.61 bits per heavy atom. The van der Waals surface area contributed by atoms with Crippen molar-refractivity contribution in [1.82, 2.24) is 4.98 Å². The molecule has 1 aliphatic rings. The Kier molecular flexibility index (Phi) is 3.30. The summed E-state index contributed by atoms with van der Waals surface area (Å²) >= 11 is 6.27. The van der Waals surface area contributed by atoms with E-state index in [9.17, 15) is 9.59 Å². The van der Waals surface area contributed by atoms with Crippen LogP contribution in [0.25, 0.3) is 16.8 Å². The van der Waals surface area contributed by atoms with E-state index < -0.39 is 11.9 Å². The van der Waals surface area contributed by atoms with E-state index in [1.54, 1.807) is 13.0 Å². The Balaban J connectivity index is 2.21. The van der Waals surface area contributed by atoms with Gasteiger partial charge in [-0.1, -0.05) is 18.2 Å². The van der Waals surface area contributed by atoms with E-state index in [1.165, 1.54) is 6.07 Å². The number of nitrogens with two attached hydrogens (primary N) is 2. The first-order valence-corrected chi connectivity index (χ1v) is 6.97. The maximum Gasteiger partial charge on any atom is 0.317 e. The van der Waals surface area contributed by atoms with Gasteiger partial charge in [0.25, 0.3) is 5.91 Å². The molecule has 7 nitrogen and oxygen atoms in total. The lowest BCUT2D eigenvalue weighted by Gasteiger charge is -2.07. The Morgan fingerprint density at radius 2 is 2.04 bits per heavy atom. The smallest absolute Gasteiger partial charge is 0.317 e. The third-order valence-corrected chi connectivity index (χ3v) is 3.69. The number of primary amides is 2. The molecule has 0 saturated heterocycles. The van der Waals surface area contributed by atoms with E-state index >= 15 is 0 Å². The number of benzene rings is 1. The highest BCUT2D eigenvalue weighted by atomic mass is 35.5. The van der Waals surface area contributed by atoms with Gasteiger partial charge in [-0.3, -0.25) is 10.1 Å². The minimum absolute atomic E-state index is 0.0980. The molecule has 0 aliphatic carbocycles. The van der Waals surface area contributed by atoms with Crippen molar-refractivity contribution in [2.24, 2.45) is 11.5 Å². The Labute approximate surface area is 136 Å². The van der Waals surface area contributed by atoms with Gasteiger partial charge in [-0.2, -0.15) is 0 Å². The van der Waals surface area contributed by atoms with Crippen molar-refractivity contribution < 1.29 is 14.3 Å². The van der Waals surface area contributed by atoms with Gasteiger partial charge in [-0.15, -0.1) is 0 Å². The van der Waals surface area contributed by atoms with Crippen LogP contribution in [-0.2, 0) is 0 Å². The van der Waals surface area contributed by atoms with E-state index in [-0.39, 0.29) is 11.4 Å². The number of carbonyl (C=O) groups excluding carboxylic acids is 2. The van der Waals surface area contributed by atoms with E-state index in [2.05, 4.69) is 16.9 Å². The third-order valence-electron chi connectivity index (χ3n) is 3.40. The molecule has 1 aliphatic heterocycles. The number of amides is 3. The number of rotatable bonds is 4. The van der Waals surface area contributed by atoms with Gasteiger partial charge in [-0.25, -0.2) is 4.79 Å². The monoisotopic (exact) mass is 332 g/mol. The molecule has 3 rings (SSSR count). The molecule has 0 atom stereocenters. The second kappa shape index (κ2) is 5.06. The molecule has 0 spiro atoms. The zero-order valence-corrected chi connectivity index (χ0v) is 12.9. The van der Waals surface area contributed by atoms with Crippen LogP contribution in [0.1, 0.15) is 22.8 Å². The van der Waals surface area contributed by atoms with Crippen molar-refractivity contribution in [3.8, 4) is 22.8 Å². The highest BCUT2D eigenvalue weighted by molar-refractivity contribution is 6.33. The second-order valence-corrected chi connectivity index (χ2v) is 5.55. The summed E-state index contributed by atoms with van der Waals surface area (Å²) < 4.78 is 5.41. The minimum atomic E-state index is -0.820. The van der Waals surface area contributed by atoms with Crippen LogP contribution >= 0.6 is 11.6 Å². The van der Waals surface area contributed by atoms with Gasteiger partial charge in [0.15, 0.2) is 11.5 Å². The highest BCUT2D eigenvalue weighted by Gasteiger charge is 2.32. The molecule has 1 aromatic carbocycles. The van der Waals surface area contributed by atoms with E-state index in [4.69, 9.17) is 27.8 Å². The van der Waals surface area contributed by atoms with Crippen molar-refractivity contribution in [2.75, 3.05) is 5.32 Å². The molecule has 0 unspecified atom stereocenters. The summed E-state index contributed by atoms with van der Waals surface area (Å²) in [7, 11) is 0. The van der Waals surface area contributed by atoms with Crippen molar-refractivity contribution in [1.29, 1.82) is 0 Å². The molecular weight excluding hydrogens is 320 g/mol. The lowest BCUT2D eigenvalue weighted by molar-refractivity contribution is 0.100. The molecule has 2 aromatic rings. The van der Waals surface area contributed by atoms with Gasteiger partial charge in [0.1, 0.15) is 5.82 Å². The first kappa shape index (κ1) is 15.0. The van der Waals surface area contributed by atoms with Crippen molar-refractivity contribution in [3.05, 3.63) is 34.9 Å². The SMILES string of the molecule is C=C(C)c1c(Cl)cc2c(c1-c1cc(C(N)=O)c(NC(N)=O)[nH]1)O2. The quantitative estimate of drug-likeness (QED) is 0.548. The number of carbonyl (C=O) groups is 2. The number of aromatic nitrogens is 1. The summed E-state index contributed by atoms with van der Waals surface area (Å²) in [4.78, 5) is 25.6. The normalized spacial score (nSPS) is 11.4. The molecule has 2 heterocycles. The fraction of sp³-hybridized carbons (Fsp3) is 0.0667. The highest BCUT2D eigenvalue weighted by Crippen LogP contribution is 2.57. The maximum atomic E-state index is 11.6. The Bertz CT molecular complexity index is 885. The Hall–Kier alpha value is -2.93. The summed E-state index contributed by atoms with van der Waals surface area (Å²) in [5, 5.41) is 2.81. The largest absolute Gasteiger partial charge is 0.449 e. The molecular formula is C15H13ClN4O3. The lowest BCUT2D eigenvalue weighted by atomic mass is 9.99. The predicted octanol–water partition coefficient (Wildman–Crippen LogP) is 3.06. The number of urea groups is 1. The van der Waals surface area contributed by atoms with Gasteiger partial charge in [0, 0.05) is 11.6 Å². The van der Waals surface area contributed by atoms with E-state index in [0.29, 0.717) is 33.3 Å². The van der Waals surface area contributed by atoms with Crippen molar-refractivity contribution in [3.63, 3.8) is 0 Å². The number of halogens is 1. The van der Waals surface area contributed by atoms with Gasteiger partial charge < -0.3 is 21.2 Å². The first-order chi connectivity index (χ1) is 10.8. The molecule has 0 radical (unpaired) electrons. The lowest BCUT2D eigenvalue weighted by Crippen LogP contribution is -2.22. The molecule has 6 N–H and O–H groups in total. The number of aromatic amines is 1. The number of allylic oxidation sites excluding steroid dienone is 1. The van der Waals surface area contributed by atoms with Crippen LogP contribution in [0.3, 0.4) is 0 Å². The number of nitrogens with one attached hydrogen (secondary N) is 2. The van der Waals surface area contributed by atoms with Gasteiger partial charge in [0.2, 0.25) is 0 Å². The van der Waals surface area contributed by atoms with Crippen molar-refractivity contribution >= 4 is 34.9 Å². The second-order valence-electron chi connectivity index (χ2n) is 5.14. The number of ether oxygens (including phenoxy) is 1. The maximum absolute atomic E-state index is 11.6. The Morgan fingerprint density at radius 1 is 1.35 bits per heavy atom. The van der Waals surface area contributed by atoms with E-state index in [0.717, 1.165) is 5.57 Å². The third kappa shape index (κ3) is 2.51. The summed E-state index contributed by atoms with van der Waals surface area (Å²) in [6.45, 7) is 5.72. The fourth-order valence-corrected chi connectivity index (χ4v) is 2.81. The average Bonchev–Trinajstić information content (AvgIpc) is 3.06. The molecule has 0 saturated carbocycles. The molecule has 118 valence electrons. The predicted molar refractivity (Wildman–Crippen MR) is 87.7 cm³/mol. The van der Waals surface area contributed by atoms with Crippen LogP contribution < -0.4 is 21.5 Å². The van der Waals surface area contributed by atoms with Crippen LogP contribution in [0.4, 0.5) is 10.6 Å². The molecule has 23 heavy (non-hydrogen) atoms. The summed E-state index contributed by atoms with van der Waals surface area (Å²) in [6.07, 6.45) is 0. The number of hydrogen-bond donors (Lipinski definition) is 4. The molecule has 1 aromatic heterocycles. The average molecular weight is 333 g/mol. The van der Waals surface area contributed by atoms with Crippen LogP contribution in [0, 0.1) is 0 Å². The zero-order valence-electron chi connectivity index (χ0n) is 12.1. The van der Waals surface area contributed by atoms with Gasteiger partial charge in [0.05, 0.1) is 21.8 Å². The van der Waals surface area contributed by atoms with Crippen LogP contribution in [0.5, 0.6) is 11.5 Å². The summed E-state index contributed by atoms with van der Waals surface area (Å²) in [5.74, 6) is 0.684. The molecule has 0 bridgehead atoms.